The molecule has 5 nitrogen and oxygen atoms in total. The molecule has 0 N–H and O–H groups in total. The van der Waals surface area contributed by atoms with Crippen LogP contribution < -0.4 is 10.2 Å². The van der Waals surface area contributed by atoms with Crippen molar-refractivity contribution in [2.45, 2.75) is 18.9 Å². The van der Waals surface area contributed by atoms with Crippen molar-refractivity contribution in [3.8, 4) is 17.1 Å². The molecule has 0 aromatic carbocycles. The van der Waals surface area contributed by atoms with Crippen molar-refractivity contribution in [1.29, 1.82) is 0 Å². The number of rotatable bonds is 3. The van der Waals surface area contributed by atoms with Crippen molar-refractivity contribution in [3.63, 3.8) is 0 Å². The number of pyridine rings is 1. The maximum absolute atomic E-state index is 6.01. The summed E-state index contributed by atoms with van der Waals surface area (Å²) in [4.78, 5) is 4.23. The summed E-state index contributed by atoms with van der Waals surface area (Å²) in [5, 5.41) is 4.19. The van der Waals surface area contributed by atoms with Crippen LogP contribution in [0, 0.1) is 0 Å². The number of hydrogen-bond acceptors (Lipinski definition) is 3. The Morgan fingerprint density at radius 2 is 2.15 bits per heavy atom. The van der Waals surface area contributed by atoms with Crippen LogP contribution in [0.15, 0.2) is 30.9 Å². The SMILES string of the molecule is [B]c1cnn(C)c1-c1ccc(OC2CC2)c2cncn12. The van der Waals surface area contributed by atoms with E-state index in [-0.39, 0.29) is 0 Å². The van der Waals surface area contributed by atoms with E-state index >= 15 is 0 Å². The maximum Gasteiger partial charge on any atom is 0.145 e. The van der Waals surface area contributed by atoms with Gasteiger partial charge in [0.05, 0.1) is 30.0 Å². The first-order valence-electron chi connectivity index (χ1n) is 6.63. The topological polar surface area (TPSA) is 44.3 Å². The second-order valence-corrected chi connectivity index (χ2v) is 5.12. The van der Waals surface area contributed by atoms with Gasteiger partial charge < -0.3 is 4.74 Å². The molecular weight excluding hydrogens is 251 g/mol. The van der Waals surface area contributed by atoms with Gasteiger partial charge in [0.1, 0.15) is 19.1 Å². The summed E-state index contributed by atoms with van der Waals surface area (Å²) in [6, 6.07) is 3.98. The van der Waals surface area contributed by atoms with Gasteiger partial charge in [-0.1, -0.05) is 5.46 Å². The molecule has 0 aliphatic heterocycles. The molecule has 0 atom stereocenters. The van der Waals surface area contributed by atoms with Crippen molar-refractivity contribution in [2.24, 2.45) is 7.05 Å². The molecule has 20 heavy (non-hydrogen) atoms. The van der Waals surface area contributed by atoms with Crippen LogP contribution >= 0.6 is 0 Å². The minimum Gasteiger partial charge on any atom is -0.488 e. The summed E-state index contributed by atoms with van der Waals surface area (Å²) < 4.78 is 9.68. The number of imidazole rings is 1. The van der Waals surface area contributed by atoms with Gasteiger partial charge in [0, 0.05) is 13.2 Å². The first-order valence-corrected chi connectivity index (χ1v) is 6.63. The zero-order valence-corrected chi connectivity index (χ0v) is 11.2. The average molecular weight is 264 g/mol. The van der Waals surface area contributed by atoms with E-state index in [2.05, 4.69) is 10.1 Å². The Kier molecular flexibility index (Phi) is 2.39. The summed E-state index contributed by atoms with van der Waals surface area (Å²) in [6.07, 6.45) is 7.88. The van der Waals surface area contributed by atoms with E-state index < -0.39 is 0 Å². The molecule has 1 aliphatic carbocycles. The van der Waals surface area contributed by atoms with E-state index in [0.717, 1.165) is 35.5 Å². The smallest absolute Gasteiger partial charge is 0.145 e. The fourth-order valence-electron chi connectivity index (χ4n) is 2.42. The quantitative estimate of drug-likeness (QED) is 0.665. The van der Waals surface area contributed by atoms with Gasteiger partial charge in [-0.25, -0.2) is 4.98 Å². The van der Waals surface area contributed by atoms with E-state index in [1.807, 2.05) is 29.8 Å². The highest BCUT2D eigenvalue weighted by Crippen LogP contribution is 2.31. The fraction of sp³-hybridized carbons (Fsp3) is 0.286. The van der Waals surface area contributed by atoms with Gasteiger partial charge in [-0.15, -0.1) is 0 Å². The molecule has 3 heterocycles. The Bertz CT molecular complexity index is 768. The summed E-state index contributed by atoms with van der Waals surface area (Å²) >= 11 is 0. The average Bonchev–Trinajstić information content (AvgIpc) is 2.99. The minimum atomic E-state index is 0.362. The number of nitrogens with zero attached hydrogens (tertiary/aromatic N) is 4. The van der Waals surface area contributed by atoms with Crippen molar-refractivity contribution in [2.75, 3.05) is 0 Å². The second-order valence-electron chi connectivity index (χ2n) is 5.12. The number of fused-ring (bicyclic) bond motifs is 1. The lowest BCUT2D eigenvalue weighted by atomic mass is 9.95. The molecule has 98 valence electrons. The minimum absolute atomic E-state index is 0.362. The molecule has 3 aromatic rings. The summed E-state index contributed by atoms with van der Waals surface area (Å²) in [6.45, 7) is 0. The van der Waals surface area contributed by atoms with Gasteiger partial charge in [0.25, 0.3) is 0 Å². The van der Waals surface area contributed by atoms with E-state index in [9.17, 15) is 0 Å². The molecule has 0 unspecified atom stereocenters. The fourth-order valence-corrected chi connectivity index (χ4v) is 2.42. The lowest BCUT2D eigenvalue weighted by Crippen LogP contribution is -2.09. The molecule has 6 heteroatoms. The highest BCUT2D eigenvalue weighted by molar-refractivity contribution is 6.35. The number of aromatic nitrogens is 4. The molecule has 0 spiro atoms. The Morgan fingerprint density at radius 1 is 1.30 bits per heavy atom. The third-order valence-electron chi connectivity index (χ3n) is 3.57. The Morgan fingerprint density at radius 3 is 2.85 bits per heavy atom. The lowest BCUT2D eigenvalue weighted by Gasteiger charge is -2.12. The van der Waals surface area contributed by atoms with Gasteiger partial charge in [0.15, 0.2) is 0 Å². The first-order chi connectivity index (χ1) is 9.74. The van der Waals surface area contributed by atoms with Gasteiger partial charge in [-0.3, -0.25) is 9.08 Å². The van der Waals surface area contributed by atoms with Crippen LogP contribution in [-0.2, 0) is 7.05 Å². The third kappa shape index (κ3) is 1.72. The normalized spacial score (nSPS) is 14.8. The van der Waals surface area contributed by atoms with E-state index in [0.29, 0.717) is 11.6 Å². The number of aryl methyl sites for hydroxylation is 1. The molecule has 4 rings (SSSR count). The van der Waals surface area contributed by atoms with Crippen LogP contribution in [0.25, 0.3) is 16.9 Å². The Hall–Kier alpha value is -2.24. The molecule has 3 aromatic heterocycles. The predicted octanol–water partition coefficient (Wildman–Crippen LogP) is 1.07. The monoisotopic (exact) mass is 264 g/mol. The van der Waals surface area contributed by atoms with E-state index in [1.165, 1.54) is 0 Å². The molecule has 0 saturated heterocycles. The van der Waals surface area contributed by atoms with Gasteiger partial charge >= 0.3 is 0 Å². The standard InChI is InChI=1S/C14H13BN4O/c1-18-14(10(15)6-17-18)11-4-5-13(20-9-2-3-9)12-7-16-8-19(11)12/h4-9H,2-3H2,1H3. The highest BCUT2D eigenvalue weighted by atomic mass is 16.5. The molecule has 0 bridgehead atoms. The molecule has 2 radical (unpaired) electrons. The van der Waals surface area contributed by atoms with Gasteiger partial charge in [0.2, 0.25) is 0 Å². The molecule has 1 saturated carbocycles. The predicted molar refractivity (Wildman–Crippen MR) is 76.4 cm³/mol. The first kappa shape index (κ1) is 11.6. The summed E-state index contributed by atoms with van der Waals surface area (Å²) in [5.41, 5.74) is 3.44. The zero-order valence-electron chi connectivity index (χ0n) is 11.2. The van der Waals surface area contributed by atoms with Crippen molar-refractivity contribution in [1.82, 2.24) is 19.2 Å². The third-order valence-corrected chi connectivity index (χ3v) is 3.57. The van der Waals surface area contributed by atoms with Crippen LogP contribution in [-0.4, -0.2) is 33.1 Å². The highest BCUT2D eigenvalue weighted by Gasteiger charge is 2.25. The number of ether oxygens (including phenoxy) is 1. The molecule has 1 fully saturated rings. The largest absolute Gasteiger partial charge is 0.488 e. The van der Waals surface area contributed by atoms with Crippen molar-refractivity contribution < 1.29 is 4.74 Å². The van der Waals surface area contributed by atoms with E-state index in [1.54, 1.807) is 17.2 Å². The molecular formula is C14H13BN4O. The molecule has 1 aliphatic rings. The summed E-state index contributed by atoms with van der Waals surface area (Å²) in [7, 11) is 7.89. The van der Waals surface area contributed by atoms with Crippen LogP contribution in [0.2, 0.25) is 0 Å². The van der Waals surface area contributed by atoms with Crippen LogP contribution in [0.4, 0.5) is 0 Å². The Balaban J connectivity index is 1.91. The molecule has 0 amide bonds. The van der Waals surface area contributed by atoms with Crippen LogP contribution in [0.5, 0.6) is 5.75 Å². The van der Waals surface area contributed by atoms with Crippen LogP contribution in [0.1, 0.15) is 12.8 Å². The second kappa shape index (κ2) is 4.13. The van der Waals surface area contributed by atoms with Gasteiger partial charge in [-0.05, 0) is 25.0 Å². The van der Waals surface area contributed by atoms with Crippen LogP contribution in [0.3, 0.4) is 0 Å². The van der Waals surface area contributed by atoms with Crippen molar-refractivity contribution >= 4 is 18.8 Å². The summed E-state index contributed by atoms with van der Waals surface area (Å²) in [5.74, 6) is 0.870. The Labute approximate surface area is 117 Å². The lowest BCUT2D eigenvalue weighted by molar-refractivity contribution is 0.306. The number of hydrogen-bond donors (Lipinski definition) is 0. The van der Waals surface area contributed by atoms with Gasteiger partial charge in [-0.2, -0.15) is 5.10 Å². The van der Waals surface area contributed by atoms with E-state index in [4.69, 9.17) is 12.6 Å². The zero-order chi connectivity index (χ0) is 13.7. The maximum atomic E-state index is 6.01. The van der Waals surface area contributed by atoms with Crippen molar-refractivity contribution in [3.05, 3.63) is 30.9 Å².